The van der Waals surface area contributed by atoms with Crippen molar-refractivity contribution in [1.82, 2.24) is 0 Å². The van der Waals surface area contributed by atoms with E-state index < -0.39 is 7.37 Å². The lowest BCUT2D eigenvalue weighted by molar-refractivity contribution is -0.139. The van der Waals surface area contributed by atoms with E-state index in [2.05, 4.69) is 6.08 Å². The molecule has 0 N–H and O–H groups in total. The number of carbonyl (C=O) groups is 1. The van der Waals surface area contributed by atoms with Gasteiger partial charge in [-0.15, -0.1) is 0 Å². The first kappa shape index (κ1) is 18.1. The lowest BCUT2D eigenvalue weighted by atomic mass is 10.1. The van der Waals surface area contributed by atoms with E-state index in [-0.39, 0.29) is 5.97 Å². The monoisotopic (exact) mass is 288 g/mol. The van der Waals surface area contributed by atoms with Gasteiger partial charge in [0.15, 0.2) is 7.37 Å². The normalized spacial score (nSPS) is 13.5. The molecule has 0 atom stereocenters. The Morgan fingerprint density at radius 2 is 1.74 bits per heavy atom. The van der Waals surface area contributed by atoms with Gasteiger partial charge in [-0.25, -0.2) is 0 Å². The summed E-state index contributed by atoms with van der Waals surface area (Å²) in [5.74, 6) is -0.263. The molecule has 0 aromatic rings. The number of carbonyl (C=O) groups excluding carboxylic acids is 1. The van der Waals surface area contributed by atoms with Crippen LogP contribution in [-0.4, -0.2) is 32.5 Å². The molecule has 110 valence electrons. The van der Waals surface area contributed by atoms with Gasteiger partial charge in [-0.2, -0.15) is 0 Å². The molecule has 0 amide bonds. The Morgan fingerprint density at radius 1 is 1.11 bits per heavy atom. The molecule has 0 unspecified atom stereocenters. The van der Waals surface area contributed by atoms with E-state index in [0.717, 1.165) is 18.4 Å². The maximum absolute atomic E-state index is 11.4. The first-order valence-corrected chi connectivity index (χ1v) is 8.87. The number of ether oxygens (including phenoxy) is 1. The zero-order valence-electron chi connectivity index (χ0n) is 12.6. The minimum atomic E-state index is -2.40. The Labute approximate surface area is 116 Å². The van der Waals surface area contributed by atoms with E-state index >= 15 is 0 Å². The second-order valence-corrected chi connectivity index (χ2v) is 7.73. The van der Waals surface area contributed by atoms with Crippen LogP contribution in [-0.2, 0) is 18.6 Å². The summed E-state index contributed by atoms with van der Waals surface area (Å²) in [4.78, 5) is 10.6. The molecule has 0 fully saturated rings. The topological polar surface area (TPSA) is 52.6 Å². The molecule has 0 rings (SSSR count). The second kappa shape index (κ2) is 9.11. The smallest absolute Gasteiger partial charge is 0.302 e. The van der Waals surface area contributed by atoms with Crippen LogP contribution in [0.5, 0.6) is 0 Å². The van der Waals surface area contributed by atoms with E-state index in [4.69, 9.17) is 9.26 Å². The van der Waals surface area contributed by atoms with Crippen molar-refractivity contribution in [3.05, 3.63) is 23.3 Å². The average Bonchev–Trinajstić information content (AvgIpc) is 2.25. The SMILES string of the molecule is CC(=O)OC/C=C(\C)CC/C=C(\C)COP(C)(C)=O. The van der Waals surface area contributed by atoms with Crippen LogP contribution < -0.4 is 0 Å². The number of esters is 1. The predicted molar refractivity (Wildman–Crippen MR) is 78.8 cm³/mol. The van der Waals surface area contributed by atoms with Crippen LogP contribution in [0.15, 0.2) is 23.3 Å². The summed E-state index contributed by atoms with van der Waals surface area (Å²) < 4.78 is 21.5. The summed E-state index contributed by atoms with van der Waals surface area (Å²) >= 11 is 0. The summed E-state index contributed by atoms with van der Waals surface area (Å²) in [5, 5.41) is 0. The van der Waals surface area contributed by atoms with Gasteiger partial charge in [0.1, 0.15) is 6.61 Å². The van der Waals surface area contributed by atoms with Crippen LogP contribution >= 0.6 is 7.37 Å². The molecular weight excluding hydrogens is 263 g/mol. The molecule has 0 heterocycles. The summed E-state index contributed by atoms with van der Waals surface area (Å²) in [6.07, 6.45) is 5.80. The lowest BCUT2D eigenvalue weighted by Crippen LogP contribution is -1.98. The predicted octanol–water partition coefficient (Wildman–Crippen LogP) is 3.78. The van der Waals surface area contributed by atoms with E-state index in [1.54, 1.807) is 13.3 Å². The van der Waals surface area contributed by atoms with Gasteiger partial charge in [0.05, 0.1) is 6.61 Å². The van der Waals surface area contributed by atoms with Gasteiger partial charge in [0.25, 0.3) is 0 Å². The Bertz CT molecular complexity index is 390. The number of rotatable bonds is 8. The molecule has 0 aliphatic carbocycles. The minimum Gasteiger partial charge on any atom is -0.462 e. The zero-order chi connectivity index (χ0) is 14.9. The van der Waals surface area contributed by atoms with Gasteiger partial charge in [0.2, 0.25) is 0 Å². The van der Waals surface area contributed by atoms with E-state index in [1.165, 1.54) is 12.5 Å². The van der Waals surface area contributed by atoms with Crippen molar-refractivity contribution in [2.45, 2.75) is 33.6 Å². The van der Waals surface area contributed by atoms with Crippen LogP contribution in [0.3, 0.4) is 0 Å². The Morgan fingerprint density at radius 3 is 2.26 bits per heavy atom. The molecule has 0 saturated heterocycles. The van der Waals surface area contributed by atoms with Gasteiger partial charge in [-0.3, -0.25) is 9.36 Å². The second-order valence-electron chi connectivity index (χ2n) is 4.97. The maximum atomic E-state index is 11.4. The van der Waals surface area contributed by atoms with Crippen molar-refractivity contribution in [1.29, 1.82) is 0 Å². The van der Waals surface area contributed by atoms with Crippen LogP contribution in [0.2, 0.25) is 0 Å². The largest absolute Gasteiger partial charge is 0.462 e. The molecule has 0 aliphatic heterocycles. The van der Waals surface area contributed by atoms with Crippen LogP contribution in [0, 0.1) is 0 Å². The summed E-state index contributed by atoms with van der Waals surface area (Å²) in [5.41, 5.74) is 2.26. The van der Waals surface area contributed by atoms with Crippen molar-refractivity contribution >= 4 is 13.3 Å². The van der Waals surface area contributed by atoms with Crippen molar-refractivity contribution in [3.8, 4) is 0 Å². The summed E-state index contributed by atoms with van der Waals surface area (Å²) in [7, 11) is -2.40. The molecule has 4 nitrogen and oxygen atoms in total. The van der Waals surface area contributed by atoms with E-state index in [9.17, 15) is 9.36 Å². The van der Waals surface area contributed by atoms with E-state index in [0.29, 0.717) is 13.2 Å². The molecule has 0 aliphatic rings. The van der Waals surface area contributed by atoms with E-state index in [1.807, 2.05) is 19.9 Å². The molecule has 0 bridgehead atoms. The molecule has 0 aromatic carbocycles. The first-order chi connectivity index (χ1) is 8.70. The zero-order valence-corrected chi connectivity index (χ0v) is 13.5. The quantitative estimate of drug-likeness (QED) is 0.387. The molecular formula is C14H25O4P. The van der Waals surface area contributed by atoms with Crippen molar-refractivity contribution in [3.63, 3.8) is 0 Å². The molecule has 0 radical (unpaired) electrons. The highest BCUT2D eigenvalue weighted by atomic mass is 31.2. The number of hydrogen-bond acceptors (Lipinski definition) is 4. The van der Waals surface area contributed by atoms with Crippen molar-refractivity contribution in [2.24, 2.45) is 0 Å². The average molecular weight is 288 g/mol. The van der Waals surface area contributed by atoms with Gasteiger partial charge in [-0.1, -0.05) is 17.2 Å². The number of hydrogen-bond donors (Lipinski definition) is 0. The highest BCUT2D eigenvalue weighted by molar-refractivity contribution is 7.57. The fourth-order valence-corrected chi connectivity index (χ4v) is 1.78. The molecule has 5 heteroatoms. The number of allylic oxidation sites excluding steroid dienone is 2. The summed E-state index contributed by atoms with van der Waals surface area (Å²) in [6, 6.07) is 0. The van der Waals surface area contributed by atoms with Crippen LogP contribution in [0.25, 0.3) is 0 Å². The third kappa shape index (κ3) is 13.4. The standard InChI is InChI=1S/C14H25O4P/c1-12(9-10-17-14(3)15)7-6-8-13(2)11-18-19(4,5)16/h8-9H,6-7,10-11H2,1-5H3/b12-9+,13-8+. The van der Waals surface area contributed by atoms with Gasteiger partial charge < -0.3 is 9.26 Å². The lowest BCUT2D eigenvalue weighted by Gasteiger charge is -2.08. The van der Waals surface area contributed by atoms with Crippen molar-refractivity contribution in [2.75, 3.05) is 26.5 Å². The fraction of sp³-hybridized carbons (Fsp3) is 0.643. The highest BCUT2D eigenvalue weighted by Crippen LogP contribution is 2.37. The minimum absolute atomic E-state index is 0.263. The molecule has 0 spiro atoms. The van der Waals surface area contributed by atoms with Gasteiger partial charge >= 0.3 is 5.97 Å². The Balaban J connectivity index is 3.93. The van der Waals surface area contributed by atoms with Crippen LogP contribution in [0.1, 0.15) is 33.6 Å². The fourth-order valence-electron chi connectivity index (χ4n) is 1.27. The third-order valence-corrected chi connectivity index (χ3v) is 3.10. The van der Waals surface area contributed by atoms with Gasteiger partial charge in [0, 0.05) is 20.3 Å². The summed E-state index contributed by atoms with van der Waals surface area (Å²) in [6.45, 7) is 9.35. The van der Waals surface area contributed by atoms with Gasteiger partial charge in [-0.05, 0) is 32.8 Å². The first-order valence-electron chi connectivity index (χ1n) is 6.35. The van der Waals surface area contributed by atoms with Crippen molar-refractivity contribution < 1.29 is 18.6 Å². The maximum Gasteiger partial charge on any atom is 0.302 e. The third-order valence-electron chi connectivity index (χ3n) is 2.35. The Hall–Kier alpha value is -0.860. The van der Waals surface area contributed by atoms with Crippen LogP contribution in [0.4, 0.5) is 0 Å². The Kier molecular flexibility index (Phi) is 8.70. The molecule has 19 heavy (non-hydrogen) atoms. The molecule has 0 aromatic heterocycles. The molecule has 0 saturated carbocycles. The highest BCUT2D eigenvalue weighted by Gasteiger charge is 2.06.